The highest BCUT2D eigenvalue weighted by Gasteiger charge is 2.35. The molecule has 0 saturated heterocycles. The number of benzene rings is 3. The van der Waals surface area contributed by atoms with E-state index in [-0.39, 0.29) is 17.7 Å². The third kappa shape index (κ3) is 5.33. The summed E-state index contributed by atoms with van der Waals surface area (Å²) in [6.07, 6.45) is 1.74. The lowest BCUT2D eigenvalue weighted by Crippen LogP contribution is -2.40. The number of carbonyl (C=O) groups excluding carboxylic acids is 1. The Morgan fingerprint density at radius 2 is 1.80 bits per heavy atom. The number of hydrogen-bond donors (Lipinski definition) is 0. The molecule has 3 aromatic carbocycles. The van der Waals surface area contributed by atoms with Crippen LogP contribution in [0, 0.1) is 0 Å². The van der Waals surface area contributed by atoms with Gasteiger partial charge in [-0.1, -0.05) is 65.4 Å². The molecule has 9 heteroatoms. The Labute approximate surface area is 240 Å². The number of aromatic nitrogens is 1. The molecule has 5 rings (SSSR count). The molecule has 0 bridgehead atoms. The van der Waals surface area contributed by atoms with Gasteiger partial charge >= 0.3 is 5.97 Å². The molecule has 4 aromatic rings. The van der Waals surface area contributed by atoms with E-state index in [4.69, 9.17) is 30.8 Å². The molecule has 0 amide bonds. The molecule has 7 nitrogen and oxygen atoms in total. The van der Waals surface area contributed by atoms with Crippen molar-refractivity contribution in [2.45, 2.75) is 19.9 Å². The van der Waals surface area contributed by atoms with Crippen molar-refractivity contribution in [3.05, 3.63) is 120 Å². The predicted molar refractivity (Wildman–Crippen MR) is 157 cm³/mol. The number of halogens is 1. The SMILES string of the molecule is CCOC(=O)C1=C(c2ccccc2)N=c2s/c(=C\c3cc(Cl)ccc3OC)c(=O)n2[C@@H]1c1ccc(OCC)cc1. The monoisotopic (exact) mass is 574 g/mol. The maximum absolute atomic E-state index is 14.0. The number of fused-ring (bicyclic) bond motifs is 1. The summed E-state index contributed by atoms with van der Waals surface area (Å²) in [4.78, 5) is 32.9. The molecule has 2 heterocycles. The molecule has 0 unspecified atom stereocenters. The Morgan fingerprint density at radius 3 is 2.48 bits per heavy atom. The van der Waals surface area contributed by atoms with Gasteiger partial charge in [0.25, 0.3) is 5.56 Å². The lowest BCUT2D eigenvalue weighted by atomic mass is 9.93. The largest absolute Gasteiger partial charge is 0.496 e. The van der Waals surface area contributed by atoms with Gasteiger partial charge in [-0.15, -0.1) is 0 Å². The van der Waals surface area contributed by atoms with Crippen LogP contribution in [0.2, 0.25) is 5.02 Å². The summed E-state index contributed by atoms with van der Waals surface area (Å²) in [5.41, 5.74) is 2.59. The van der Waals surface area contributed by atoms with Gasteiger partial charge in [-0.25, -0.2) is 9.79 Å². The minimum Gasteiger partial charge on any atom is -0.496 e. The normalized spacial score (nSPS) is 14.9. The molecule has 40 heavy (non-hydrogen) atoms. The lowest BCUT2D eigenvalue weighted by molar-refractivity contribution is -0.138. The van der Waals surface area contributed by atoms with E-state index in [1.54, 1.807) is 42.9 Å². The first-order chi connectivity index (χ1) is 19.4. The summed E-state index contributed by atoms with van der Waals surface area (Å²) < 4.78 is 18.6. The second-order valence-corrected chi connectivity index (χ2v) is 10.3. The van der Waals surface area contributed by atoms with Crippen LogP contribution in [0.25, 0.3) is 11.8 Å². The van der Waals surface area contributed by atoms with E-state index in [1.807, 2.05) is 61.5 Å². The average molecular weight is 575 g/mol. The van der Waals surface area contributed by atoms with E-state index in [9.17, 15) is 9.59 Å². The van der Waals surface area contributed by atoms with Gasteiger partial charge in [0.15, 0.2) is 4.80 Å². The molecule has 1 aromatic heterocycles. The van der Waals surface area contributed by atoms with Crippen molar-refractivity contribution >= 4 is 40.7 Å². The Bertz CT molecular complexity index is 1760. The number of thiazole rings is 1. The summed E-state index contributed by atoms with van der Waals surface area (Å²) in [6, 6.07) is 21.3. The molecular formula is C31H27ClN2O5S. The van der Waals surface area contributed by atoms with E-state index in [0.717, 1.165) is 11.1 Å². The van der Waals surface area contributed by atoms with Crippen molar-refractivity contribution in [1.82, 2.24) is 4.57 Å². The molecule has 1 atom stereocenters. The Kier molecular flexibility index (Phi) is 8.19. The Hall–Kier alpha value is -4.14. The van der Waals surface area contributed by atoms with Gasteiger partial charge in [-0.05, 0) is 55.8 Å². The third-order valence-corrected chi connectivity index (χ3v) is 7.58. The van der Waals surface area contributed by atoms with Crippen LogP contribution in [0.3, 0.4) is 0 Å². The molecule has 204 valence electrons. The van der Waals surface area contributed by atoms with Crippen LogP contribution >= 0.6 is 22.9 Å². The molecule has 0 N–H and O–H groups in total. The topological polar surface area (TPSA) is 79.1 Å². The van der Waals surface area contributed by atoms with Gasteiger partial charge in [-0.3, -0.25) is 9.36 Å². The van der Waals surface area contributed by atoms with Crippen molar-refractivity contribution in [1.29, 1.82) is 0 Å². The number of esters is 1. The van der Waals surface area contributed by atoms with Crippen LogP contribution < -0.4 is 24.4 Å². The van der Waals surface area contributed by atoms with Crippen LogP contribution in [0.5, 0.6) is 11.5 Å². The van der Waals surface area contributed by atoms with Crippen LogP contribution in [0.4, 0.5) is 0 Å². The number of rotatable bonds is 8. The van der Waals surface area contributed by atoms with Gasteiger partial charge in [-0.2, -0.15) is 0 Å². The molecule has 1 aliphatic rings. The second-order valence-electron chi connectivity index (χ2n) is 8.82. The van der Waals surface area contributed by atoms with E-state index in [2.05, 4.69) is 0 Å². The molecular weight excluding hydrogens is 548 g/mol. The molecule has 0 saturated carbocycles. The van der Waals surface area contributed by atoms with Gasteiger partial charge < -0.3 is 14.2 Å². The van der Waals surface area contributed by atoms with Crippen molar-refractivity contribution in [2.24, 2.45) is 4.99 Å². The fourth-order valence-corrected chi connectivity index (χ4v) is 5.80. The predicted octanol–water partition coefficient (Wildman–Crippen LogP) is 5.00. The highest BCUT2D eigenvalue weighted by Crippen LogP contribution is 2.35. The molecule has 0 radical (unpaired) electrons. The minimum absolute atomic E-state index is 0.180. The second kappa shape index (κ2) is 11.9. The zero-order valence-electron chi connectivity index (χ0n) is 22.2. The Balaban J connectivity index is 1.81. The molecule has 0 fully saturated rings. The summed E-state index contributed by atoms with van der Waals surface area (Å²) >= 11 is 7.48. The smallest absolute Gasteiger partial charge is 0.338 e. The van der Waals surface area contributed by atoms with E-state index < -0.39 is 12.0 Å². The van der Waals surface area contributed by atoms with Crippen LogP contribution in [0.15, 0.2) is 88.2 Å². The average Bonchev–Trinajstić information content (AvgIpc) is 3.28. The minimum atomic E-state index is -0.774. The molecule has 1 aliphatic heterocycles. The molecule has 0 spiro atoms. The van der Waals surface area contributed by atoms with Gasteiger partial charge in [0.2, 0.25) is 0 Å². The van der Waals surface area contributed by atoms with Gasteiger partial charge in [0, 0.05) is 16.1 Å². The standard InChI is InChI=1S/C31H27ClN2O5S/c1-4-38-23-14-11-20(12-15-23)28-26(30(36)39-5-2)27(19-9-7-6-8-10-19)33-31-34(28)29(35)25(40-31)18-21-17-22(32)13-16-24(21)37-3/h6-18,28H,4-5H2,1-3H3/b25-18-/t28-/m1/s1. The first kappa shape index (κ1) is 27.4. The van der Waals surface area contributed by atoms with Crippen LogP contribution in [0.1, 0.15) is 36.6 Å². The number of hydrogen-bond acceptors (Lipinski definition) is 7. The van der Waals surface area contributed by atoms with Gasteiger partial charge in [0.05, 0.1) is 42.2 Å². The van der Waals surface area contributed by atoms with E-state index in [1.165, 1.54) is 11.3 Å². The number of ether oxygens (including phenoxy) is 3. The first-order valence-corrected chi connectivity index (χ1v) is 14.0. The molecule has 0 aliphatic carbocycles. The van der Waals surface area contributed by atoms with Crippen molar-refractivity contribution in [3.8, 4) is 11.5 Å². The first-order valence-electron chi connectivity index (χ1n) is 12.8. The van der Waals surface area contributed by atoms with Crippen molar-refractivity contribution in [3.63, 3.8) is 0 Å². The number of methoxy groups -OCH3 is 1. The third-order valence-electron chi connectivity index (χ3n) is 6.36. The number of carbonyl (C=O) groups is 1. The van der Waals surface area contributed by atoms with Crippen LogP contribution in [-0.2, 0) is 9.53 Å². The van der Waals surface area contributed by atoms with Crippen molar-refractivity contribution < 1.29 is 19.0 Å². The zero-order chi connectivity index (χ0) is 28.2. The summed E-state index contributed by atoms with van der Waals surface area (Å²) in [5, 5.41) is 0.517. The zero-order valence-corrected chi connectivity index (χ0v) is 23.8. The summed E-state index contributed by atoms with van der Waals surface area (Å²) in [7, 11) is 1.56. The quantitative estimate of drug-likeness (QED) is 0.277. The fourth-order valence-electron chi connectivity index (χ4n) is 4.63. The maximum Gasteiger partial charge on any atom is 0.338 e. The van der Waals surface area contributed by atoms with Gasteiger partial charge in [0.1, 0.15) is 11.5 Å². The fraction of sp³-hybridized carbons (Fsp3) is 0.194. The lowest BCUT2D eigenvalue weighted by Gasteiger charge is -2.26. The van der Waals surface area contributed by atoms with E-state index >= 15 is 0 Å². The van der Waals surface area contributed by atoms with E-state index in [0.29, 0.717) is 43.7 Å². The van der Waals surface area contributed by atoms with Crippen LogP contribution in [-0.4, -0.2) is 30.9 Å². The summed E-state index contributed by atoms with van der Waals surface area (Å²) in [5.74, 6) is 0.738. The number of nitrogens with zero attached hydrogens (tertiary/aromatic N) is 2. The maximum atomic E-state index is 14.0. The van der Waals surface area contributed by atoms with Crippen molar-refractivity contribution in [2.75, 3.05) is 20.3 Å². The highest BCUT2D eigenvalue weighted by molar-refractivity contribution is 7.07. The highest BCUT2D eigenvalue weighted by atomic mass is 35.5. The summed E-state index contributed by atoms with van der Waals surface area (Å²) in [6.45, 7) is 4.36. The Morgan fingerprint density at radius 1 is 1.05 bits per heavy atom.